The molecule has 0 radical (unpaired) electrons. The summed E-state index contributed by atoms with van der Waals surface area (Å²) in [4.78, 5) is 16.4. The Morgan fingerprint density at radius 3 is 2.96 bits per heavy atom. The summed E-state index contributed by atoms with van der Waals surface area (Å²) in [5.74, 6) is 1.27. The highest BCUT2D eigenvalue weighted by Crippen LogP contribution is 2.31. The van der Waals surface area contributed by atoms with Gasteiger partial charge in [0.25, 0.3) is 0 Å². The van der Waals surface area contributed by atoms with E-state index < -0.39 is 0 Å². The summed E-state index contributed by atoms with van der Waals surface area (Å²) in [5.41, 5.74) is 3.30. The van der Waals surface area contributed by atoms with Crippen molar-refractivity contribution in [1.29, 1.82) is 0 Å². The van der Waals surface area contributed by atoms with E-state index in [4.69, 9.17) is 0 Å². The van der Waals surface area contributed by atoms with Crippen molar-refractivity contribution >= 4 is 16.7 Å². The maximum atomic E-state index is 13.8. The fraction of sp³-hybridized carbons (Fsp3) is 0.278. The van der Waals surface area contributed by atoms with Crippen LogP contribution in [0.25, 0.3) is 27.8 Å². The molecule has 5 rings (SSSR count). The molecule has 1 saturated carbocycles. The molecule has 4 aromatic heterocycles. The maximum Gasteiger partial charge on any atom is 0.217 e. The molecular formula is C18H16FN5. The van der Waals surface area contributed by atoms with Crippen LogP contribution in [0.15, 0.2) is 36.9 Å². The predicted octanol–water partition coefficient (Wildman–Crippen LogP) is 3.75. The van der Waals surface area contributed by atoms with Gasteiger partial charge in [-0.3, -0.25) is 4.40 Å². The van der Waals surface area contributed by atoms with Crippen molar-refractivity contribution in [3.8, 4) is 11.1 Å². The molecule has 120 valence electrons. The first-order chi connectivity index (χ1) is 11.8. The Balaban J connectivity index is 1.56. The highest BCUT2D eigenvalue weighted by Gasteiger charge is 2.19. The molecule has 0 bridgehead atoms. The van der Waals surface area contributed by atoms with Crippen molar-refractivity contribution in [2.24, 2.45) is 5.92 Å². The largest absolute Gasteiger partial charge is 0.345 e. The smallest absolute Gasteiger partial charge is 0.217 e. The Morgan fingerprint density at radius 1 is 1.21 bits per heavy atom. The number of hydrogen-bond acceptors (Lipinski definition) is 3. The number of aromatic amines is 1. The van der Waals surface area contributed by atoms with E-state index in [0.717, 1.165) is 40.3 Å². The van der Waals surface area contributed by atoms with E-state index in [1.807, 2.05) is 24.5 Å². The highest BCUT2D eigenvalue weighted by atomic mass is 19.1. The third-order valence-corrected chi connectivity index (χ3v) is 4.95. The van der Waals surface area contributed by atoms with Gasteiger partial charge in [0.15, 0.2) is 0 Å². The molecule has 0 aromatic carbocycles. The Hall–Kier alpha value is -2.76. The van der Waals surface area contributed by atoms with E-state index in [9.17, 15) is 4.39 Å². The number of aromatic nitrogens is 5. The van der Waals surface area contributed by atoms with E-state index in [0.29, 0.717) is 5.65 Å². The molecule has 1 aliphatic rings. The Labute approximate surface area is 137 Å². The SMILES string of the molecule is Fc1cnc2ccc(-c3c[nH]c4nc(CC5CCC5)ncc34)cn12. The summed E-state index contributed by atoms with van der Waals surface area (Å²) in [6.07, 6.45) is 11.6. The number of hydrogen-bond donors (Lipinski definition) is 1. The minimum atomic E-state index is -0.370. The van der Waals surface area contributed by atoms with E-state index in [1.165, 1.54) is 29.9 Å². The van der Waals surface area contributed by atoms with Crippen LogP contribution in [0.1, 0.15) is 25.1 Å². The fourth-order valence-electron chi connectivity index (χ4n) is 3.35. The van der Waals surface area contributed by atoms with Crippen LogP contribution < -0.4 is 0 Å². The van der Waals surface area contributed by atoms with Crippen LogP contribution >= 0.6 is 0 Å². The van der Waals surface area contributed by atoms with E-state index in [2.05, 4.69) is 19.9 Å². The first kappa shape index (κ1) is 13.7. The molecule has 4 aromatic rings. The lowest BCUT2D eigenvalue weighted by Crippen LogP contribution is -2.15. The molecule has 0 saturated heterocycles. The van der Waals surface area contributed by atoms with Gasteiger partial charge in [0.2, 0.25) is 5.95 Å². The zero-order valence-corrected chi connectivity index (χ0v) is 13.0. The maximum absolute atomic E-state index is 13.8. The number of rotatable bonds is 3. The number of imidazole rings is 1. The second-order valence-electron chi connectivity index (χ2n) is 6.48. The van der Waals surface area contributed by atoms with Crippen molar-refractivity contribution in [3.05, 3.63) is 48.7 Å². The van der Waals surface area contributed by atoms with Gasteiger partial charge in [-0.15, -0.1) is 0 Å². The molecule has 0 spiro atoms. The summed E-state index contributed by atoms with van der Waals surface area (Å²) in [7, 11) is 0. The van der Waals surface area contributed by atoms with E-state index in [-0.39, 0.29) is 5.95 Å². The van der Waals surface area contributed by atoms with Crippen molar-refractivity contribution in [1.82, 2.24) is 24.3 Å². The number of H-pyrrole nitrogens is 1. The number of fused-ring (bicyclic) bond motifs is 2. The zero-order valence-electron chi connectivity index (χ0n) is 13.0. The molecule has 4 heterocycles. The lowest BCUT2D eigenvalue weighted by molar-refractivity contribution is 0.309. The van der Waals surface area contributed by atoms with Gasteiger partial charge in [-0.2, -0.15) is 4.39 Å². The molecule has 24 heavy (non-hydrogen) atoms. The molecule has 1 fully saturated rings. The van der Waals surface area contributed by atoms with Crippen LogP contribution in [0.4, 0.5) is 4.39 Å². The van der Waals surface area contributed by atoms with Crippen molar-refractivity contribution in [2.75, 3.05) is 0 Å². The molecule has 0 amide bonds. The summed E-state index contributed by atoms with van der Waals surface area (Å²) in [6, 6.07) is 3.75. The Kier molecular flexibility index (Phi) is 2.92. The minimum Gasteiger partial charge on any atom is -0.345 e. The van der Waals surface area contributed by atoms with Gasteiger partial charge < -0.3 is 4.98 Å². The topological polar surface area (TPSA) is 58.9 Å². The zero-order chi connectivity index (χ0) is 16.1. The van der Waals surface area contributed by atoms with Crippen LogP contribution in [-0.4, -0.2) is 24.3 Å². The molecule has 1 N–H and O–H groups in total. The van der Waals surface area contributed by atoms with Crippen LogP contribution in [-0.2, 0) is 6.42 Å². The third kappa shape index (κ3) is 2.10. The van der Waals surface area contributed by atoms with Crippen LogP contribution in [0.2, 0.25) is 0 Å². The second kappa shape index (κ2) is 5.12. The molecule has 1 aliphatic carbocycles. The minimum absolute atomic E-state index is 0.370. The highest BCUT2D eigenvalue weighted by molar-refractivity contribution is 5.93. The normalized spacial score (nSPS) is 15.2. The molecule has 0 aliphatic heterocycles. The molecule has 0 unspecified atom stereocenters. The van der Waals surface area contributed by atoms with Gasteiger partial charge in [0, 0.05) is 41.5 Å². The second-order valence-corrected chi connectivity index (χ2v) is 6.48. The van der Waals surface area contributed by atoms with Gasteiger partial charge in [-0.05, 0) is 18.1 Å². The quantitative estimate of drug-likeness (QED) is 0.625. The summed E-state index contributed by atoms with van der Waals surface area (Å²) >= 11 is 0. The van der Waals surface area contributed by atoms with Crippen molar-refractivity contribution in [2.45, 2.75) is 25.7 Å². The lowest BCUT2D eigenvalue weighted by atomic mass is 9.83. The van der Waals surface area contributed by atoms with Crippen molar-refractivity contribution < 1.29 is 4.39 Å². The van der Waals surface area contributed by atoms with Gasteiger partial charge in [-0.25, -0.2) is 15.0 Å². The number of halogens is 1. The number of nitrogens with one attached hydrogen (secondary N) is 1. The first-order valence-corrected chi connectivity index (χ1v) is 8.24. The Bertz CT molecular complexity index is 1040. The number of pyridine rings is 1. The summed E-state index contributed by atoms with van der Waals surface area (Å²) in [5, 5.41) is 0.951. The molecular weight excluding hydrogens is 305 g/mol. The average molecular weight is 321 g/mol. The van der Waals surface area contributed by atoms with Crippen LogP contribution in [0.5, 0.6) is 0 Å². The van der Waals surface area contributed by atoms with Crippen LogP contribution in [0.3, 0.4) is 0 Å². The van der Waals surface area contributed by atoms with Gasteiger partial charge in [0.1, 0.15) is 17.1 Å². The Morgan fingerprint density at radius 2 is 2.12 bits per heavy atom. The van der Waals surface area contributed by atoms with Gasteiger partial charge in [0.05, 0.1) is 6.20 Å². The van der Waals surface area contributed by atoms with Crippen LogP contribution in [0, 0.1) is 11.9 Å². The fourth-order valence-corrected chi connectivity index (χ4v) is 3.35. The van der Waals surface area contributed by atoms with Gasteiger partial charge in [-0.1, -0.05) is 19.3 Å². The standard InChI is InChI=1S/C18H16FN5/c19-15-9-21-17-5-4-12(10-24(15)17)13-7-22-18-14(13)8-20-16(23-18)6-11-2-1-3-11/h4-5,7-11H,1-3,6H2,(H,20,22,23). The predicted molar refractivity (Wildman–Crippen MR) is 89.1 cm³/mol. The van der Waals surface area contributed by atoms with Crippen molar-refractivity contribution in [3.63, 3.8) is 0 Å². The monoisotopic (exact) mass is 321 g/mol. The lowest BCUT2D eigenvalue weighted by Gasteiger charge is -2.24. The van der Waals surface area contributed by atoms with E-state index in [1.54, 1.807) is 6.20 Å². The number of nitrogens with zero attached hydrogens (tertiary/aromatic N) is 4. The summed E-state index contributed by atoms with van der Waals surface area (Å²) < 4.78 is 15.2. The average Bonchev–Trinajstić information content (AvgIpc) is 3.14. The van der Waals surface area contributed by atoms with E-state index >= 15 is 0 Å². The third-order valence-electron chi connectivity index (χ3n) is 4.95. The molecule has 0 atom stereocenters. The van der Waals surface area contributed by atoms with Gasteiger partial charge >= 0.3 is 0 Å². The molecule has 6 heteroatoms. The summed E-state index contributed by atoms with van der Waals surface area (Å²) in [6.45, 7) is 0. The molecule has 5 nitrogen and oxygen atoms in total. The first-order valence-electron chi connectivity index (χ1n) is 8.24.